The third kappa shape index (κ3) is 4.28. The van der Waals surface area contributed by atoms with Crippen molar-refractivity contribution in [2.75, 3.05) is 6.61 Å². The quantitative estimate of drug-likeness (QED) is 0.308. The van der Waals surface area contributed by atoms with Crippen molar-refractivity contribution in [3.8, 4) is 0 Å². The molecule has 0 aromatic carbocycles. The Balaban J connectivity index is 2.83. The molecule has 0 heterocycles. The fourth-order valence-electron chi connectivity index (χ4n) is 0.199. The van der Waals surface area contributed by atoms with E-state index in [-0.39, 0.29) is 0 Å². The standard InChI is InChI=1S/C3H9ClO2Si/c1-2-5-3(4)6-7/h3H,2H2,1,7H3. The molecule has 0 fully saturated rings. The molecule has 2 nitrogen and oxygen atoms in total. The highest BCUT2D eigenvalue weighted by atomic mass is 35.5. The molecule has 0 aromatic heterocycles. The zero-order valence-electron chi connectivity index (χ0n) is 4.48. The topological polar surface area (TPSA) is 18.5 Å². The number of hydrogen-bond donors (Lipinski definition) is 0. The molecule has 0 aromatic rings. The van der Waals surface area contributed by atoms with Crippen LogP contribution in [0.2, 0.25) is 0 Å². The fourth-order valence-corrected chi connectivity index (χ4v) is 0.461. The van der Waals surface area contributed by atoms with Crippen LogP contribution in [0.4, 0.5) is 0 Å². The lowest BCUT2D eigenvalue weighted by atomic mass is 10.9. The Labute approximate surface area is 51.3 Å². The molecule has 0 N–H and O–H groups in total. The molecule has 0 saturated carbocycles. The first-order chi connectivity index (χ1) is 3.31. The summed E-state index contributed by atoms with van der Waals surface area (Å²) < 4.78 is 9.44. The van der Waals surface area contributed by atoms with Crippen molar-refractivity contribution in [3.63, 3.8) is 0 Å². The van der Waals surface area contributed by atoms with Crippen molar-refractivity contribution < 1.29 is 9.16 Å². The maximum atomic E-state index is 5.36. The first-order valence-corrected chi connectivity index (χ1v) is 3.35. The fraction of sp³-hybridized carbons (Fsp3) is 1.00. The van der Waals surface area contributed by atoms with Crippen LogP contribution in [0.3, 0.4) is 0 Å². The first-order valence-electron chi connectivity index (χ1n) is 2.09. The van der Waals surface area contributed by atoms with E-state index in [1.54, 1.807) is 0 Å². The minimum atomic E-state index is -0.517. The lowest BCUT2D eigenvalue weighted by Crippen LogP contribution is -2.06. The van der Waals surface area contributed by atoms with Crippen molar-refractivity contribution in [1.82, 2.24) is 0 Å². The summed E-state index contributed by atoms with van der Waals surface area (Å²) in [6, 6.07) is 0. The molecular formula is C3H9ClO2Si. The van der Waals surface area contributed by atoms with Crippen LogP contribution >= 0.6 is 11.6 Å². The summed E-state index contributed by atoms with van der Waals surface area (Å²) in [5.41, 5.74) is 0. The predicted octanol–water partition coefficient (Wildman–Crippen LogP) is -0.158. The van der Waals surface area contributed by atoms with Gasteiger partial charge in [0.05, 0.1) is 0 Å². The van der Waals surface area contributed by atoms with E-state index in [9.17, 15) is 0 Å². The van der Waals surface area contributed by atoms with E-state index in [1.165, 1.54) is 0 Å². The van der Waals surface area contributed by atoms with Crippen LogP contribution in [-0.4, -0.2) is 22.8 Å². The van der Waals surface area contributed by atoms with E-state index in [2.05, 4.69) is 4.43 Å². The van der Waals surface area contributed by atoms with E-state index in [4.69, 9.17) is 16.3 Å². The van der Waals surface area contributed by atoms with E-state index in [1.807, 2.05) is 6.92 Å². The number of hydrogen-bond acceptors (Lipinski definition) is 2. The minimum Gasteiger partial charge on any atom is -0.392 e. The molecule has 0 radical (unpaired) electrons. The molecule has 1 atom stereocenters. The third-order valence-electron chi connectivity index (χ3n) is 0.483. The summed E-state index contributed by atoms with van der Waals surface area (Å²) in [4.78, 5) is 0. The van der Waals surface area contributed by atoms with Gasteiger partial charge in [0.15, 0.2) is 10.5 Å². The monoisotopic (exact) mass is 140 g/mol. The Morgan fingerprint density at radius 3 is 2.57 bits per heavy atom. The van der Waals surface area contributed by atoms with Gasteiger partial charge in [-0.2, -0.15) is 0 Å². The van der Waals surface area contributed by atoms with Gasteiger partial charge in [-0.3, -0.25) is 0 Å². The van der Waals surface area contributed by atoms with Crippen molar-refractivity contribution >= 4 is 22.1 Å². The molecule has 0 amide bonds. The molecule has 44 valence electrons. The zero-order chi connectivity index (χ0) is 5.70. The maximum Gasteiger partial charge on any atom is 0.227 e. The van der Waals surface area contributed by atoms with Gasteiger partial charge in [-0.25, -0.2) is 0 Å². The normalized spacial score (nSPS) is 14.6. The maximum absolute atomic E-state index is 5.36. The summed E-state index contributed by atoms with van der Waals surface area (Å²) >= 11 is 5.36. The van der Waals surface area contributed by atoms with Gasteiger partial charge in [0.1, 0.15) is 0 Å². The van der Waals surface area contributed by atoms with E-state index < -0.39 is 5.75 Å². The summed E-state index contributed by atoms with van der Waals surface area (Å²) in [5.74, 6) is -0.517. The smallest absolute Gasteiger partial charge is 0.227 e. The second-order valence-electron chi connectivity index (χ2n) is 0.965. The van der Waals surface area contributed by atoms with E-state index >= 15 is 0 Å². The lowest BCUT2D eigenvalue weighted by Gasteiger charge is -2.04. The highest BCUT2D eigenvalue weighted by Gasteiger charge is 1.94. The van der Waals surface area contributed by atoms with Crippen molar-refractivity contribution in [2.24, 2.45) is 0 Å². The minimum absolute atomic E-state index is 0.517. The average Bonchev–Trinajstić information content (AvgIpc) is 1.68. The molecule has 7 heavy (non-hydrogen) atoms. The van der Waals surface area contributed by atoms with Crippen LogP contribution in [0, 0.1) is 0 Å². The molecule has 0 rings (SSSR count). The van der Waals surface area contributed by atoms with Crippen LogP contribution in [0.15, 0.2) is 0 Å². The second kappa shape index (κ2) is 4.58. The number of ether oxygens (including phenoxy) is 1. The lowest BCUT2D eigenvalue weighted by molar-refractivity contribution is -0.00957. The van der Waals surface area contributed by atoms with Crippen LogP contribution in [-0.2, 0) is 9.16 Å². The average molecular weight is 141 g/mol. The third-order valence-corrected chi connectivity index (χ3v) is 1.51. The number of alkyl halides is 1. The van der Waals surface area contributed by atoms with Gasteiger partial charge in [0.2, 0.25) is 5.75 Å². The summed E-state index contributed by atoms with van der Waals surface area (Å²) in [5, 5.41) is 0. The van der Waals surface area contributed by atoms with Gasteiger partial charge in [-0.05, 0) is 6.92 Å². The molecule has 0 aliphatic heterocycles. The van der Waals surface area contributed by atoms with E-state index in [0.29, 0.717) is 17.1 Å². The van der Waals surface area contributed by atoms with Crippen LogP contribution in [0.25, 0.3) is 0 Å². The van der Waals surface area contributed by atoms with Crippen LogP contribution < -0.4 is 0 Å². The summed E-state index contributed by atoms with van der Waals surface area (Å²) in [7, 11) is 0.630. The van der Waals surface area contributed by atoms with Crippen LogP contribution in [0.5, 0.6) is 0 Å². The van der Waals surface area contributed by atoms with Crippen molar-refractivity contribution in [1.29, 1.82) is 0 Å². The van der Waals surface area contributed by atoms with Gasteiger partial charge >= 0.3 is 0 Å². The van der Waals surface area contributed by atoms with Gasteiger partial charge in [0, 0.05) is 6.61 Å². The van der Waals surface area contributed by atoms with Crippen molar-refractivity contribution in [3.05, 3.63) is 0 Å². The van der Waals surface area contributed by atoms with Crippen LogP contribution in [0.1, 0.15) is 6.92 Å². The molecular weight excluding hydrogens is 132 g/mol. The Bertz CT molecular complexity index is 43.9. The Hall–Kier alpha value is 0.427. The van der Waals surface area contributed by atoms with Crippen molar-refractivity contribution in [2.45, 2.75) is 12.7 Å². The largest absolute Gasteiger partial charge is 0.392 e. The molecule has 0 bridgehead atoms. The zero-order valence-corrected chi connectivity index (χ0v) is 7.23. The second-order valence-corrected chi connectivity index (χ2v) is 1.79. The molecule has 0 aliphatic carbocycles. The highest BCUT2D eigenvalue weighted by molar-refractivity contribution is 6.20. The Morgan fingerprint density at radius 2 is 2.43 bits per heavy atom. The summed E-state index contributed by atoms with van der Waals surface area (Å²) in [6.45, 7) is 2.48. The molecule has 0 aliphatic rings. The highest BCUT2D eigenvalue weighted by Crippen LogP contribution is 1.95. The van der Waals surface area contributed by atoms with Gasteiger partial charge in [-0.1, -0.05) is 11.6 Å². The van der Waals surface area contributed by atoms with Gasteiger partial charge in [0.25, 0.3) is 0 Å². The SMILES string of the molecule is CCOC(Cl)O[SiH3]. The van der Waals surface area contributed by atoms with Gasteiger partial charge < -0.3 is 9.16 Å². The number of halogens is 1. The number of rotatable bonds is 3. The molecule has 0 saturated heterocycles. The Kier molecular flexibility index (Phi) is 4.86. The summed E-state index contributed by atoms with van der Waals surface area (Å²) in [6.07, 6.45) is 0. The first kappa shape index (κ1) is 7.43. The van der Waals surface area contributed by atoms with Gasteiger partial charge in [-0.15, -0.1) is 0 Å². The molecule has 1 unspecified atom stereocenters. The van der Waals surface area contributed by atoms with E-state index in [0.717, 1.165) is 0 Å². The predicted molar refractivity (Wildman–Crippen MR) is 32.3 cm³/mol. The molecule has 4 heteroatoms. The molecule has 0 spiro atoms. The Morgan fingerprint density at radius 1 is 1.86 bits per heavy atom.